The number of anilines is 1. The number of rotatable bonds is 5. The van der Waals surface area contributed by atoms with Gasteiger partial charge in [0.05, 0.1) is 28.0 Å². The summed E-state index contributed by atoms with van der Waals surface area (Å²) in [5.74, 6) is -0.563. The second-order valence-electron chi connectivity index (χ2n) is 6.86. The van der Waals surface area contributed by atoms with Crippen LogP contribution >= 0.6 is 11.6 Å². The number of nitro benzene ring substituents is 1. The minimum absolute atomic E-state index is 0.00272. The maximum absolute atomic E-state index is 12.4. The molecule has 29 heavy (non-hydrogen) atoms. The van der Waals surface area contributed by atoms with Crippen LogP contribution in [0.5, 0.6) is 0 Å². The third-order valence-electron chi connectivity index (χ3n) is 4.79. The summed E-state index contributed by atoms with van der Waals surface area (Å²) in [5, 5.41) is 23.2. The number of aliphatic hydroxyl groups excluding tert-OH is 1. The van der Waals surface area contributed by atoms with E-state index in [1.165, 1.54) is 12.1 Å². The SMILES string of the molecule is O=C(Nc1ccc(CC(=O)N2CCC(O)CC2)cc1)c1cc([N+](=O)[O-])ccc1Cl. The van der Waals surface area contributed by atoms with E-state index in [-0.39, 0.29) is 34.7 Å². The Morgan fingerprint density at radius 3 is 2.45 bits per heavy atom. The van der Waals surface area contributed by atoms with Gasteiger partial charge in [0.1, 0.15) is 0 Å². The lowest BCUT2D eigenvalue weighted by molar-refractivity contribution is -0.384. The summed E-state index contributed by atoms with van der Waals surface area (Å²) in [4.78, 5) is 36.8. The third-order valence-corrected chi connectivity index (χ3v) is 5.12. The Bertz CT molecular complexity index is 924. The van der Waals surface area contributed by atoms with Crippen molar-refractivity contribution >= 4 is 34.8 Å². The number of nitrogens with zero attached hydrogens (tertiary/aromatic N) is 2. The molecular weight excluding hydrogens is 398 g/mol. The van der Waals surface area contributed by atoms with Crippen molar-refractivity contribution in [3.63, 3.8) is 0 Å². The van der Waals surface area contributed by atoms with Crippen LogP contribution in [-0.2, 0) is 11.2 Å². The van der Waals surface area contributed by atoms with Crippen molar-refractivity contribution in [2.24, 2.45) is 0 Å². The van der Waals surface area contributed by atoms with E-state index in [4.69, 9.17) is 11.6 Å². The number of halogens is 1. The summed E-state index contributed by atoms with van der Waals surface area (Å²) in [6.45, 7) is 1.11. The number of aliphatic hydroxyl groups is 1. The summed E-state index contributed by atoms with van der Waals surface area (Å²) in [5.41, 5.74) is 1.06. The molecule has 0 unspecified atom stereocenters. The summed E-state index contributed by atoms with van der Waals surface area (Å²) >= 11 is 5.99. The van der Waals surface area contributed by atoms with Gasteiger partial charge < -0.3 is 15.3 Å². The zero-order chi connectivity index (χ0) is 21.0. The third kappa shape index (κ3) is 5.30. The van der Waals surface area contributed by atoms with Crippen LogP contribution in [0.3, 0.4) is 0 Å². The number of likely N-dealkylation sites (tertiary alicyclic amines) is 1. The summed E-state index contributed by atoms with van der Waals surface area (Å²) in [6, 6.07) is 10.5. The zero-order valence-electron chi connectivity index (χ0n) is 15.5. The van der Waals surface area contributed by atoms with Gasteiger partial charge in [-0.3, -0.25) is 19.7 Å². The van der Waals surface area contributed by atoms with E-state index in [1.807, 2.05) is 0 Å². The zero-order valence-corrected chi connectivity index (χ0v) is 16.3. The topological polar surface area (TPSA) is 113 Å². The monoisotopic (exact) mass is 417 g/mol. The van der Waals surface area contributed by atoms with Crippen LogP contribution in [-0.4, -0.2) is 45.9 Å². The maximum Gasteiger partial charge on any atom is 0.270 e. The predicted octanol–water partition coefficient (Wildman–Crippen LogP) is 3.03. The van der Waals surface area contributed by atoms with Gasteiger partial charge in [0.2, 0.25) is 5.91 Å². The molecule has 3 rings (SSSR count). The number of carbonyl (C=O) groups excluding carboxylic acids is 2. The molecule has 0 saturated carbocycles. The van der Waals surface area contributed by atoms with E-state index >= 15 is 0 Å². The molecule has 2 aromatic carbocycles. The highest BCUT2D eigenvalue weighted by Crippen LogP contribution is 2.23. The van der Waals surface area contributed by atoms with Crippen LogP contribution in [0.15, 0.2) is 42.5 Å². The first-order valence-electron chi connectivity index (χ1n) is 9.13. The van der Waals surface area contributed by atoms with Gasteiger partial charge in [-0.2, -0.15) is 0 Å². The van der Waals surface area contributed by atoms with Gasteiger partial charge in [0.25, 0.3) is 11.6 Å². The van der Waals surface area contributed by atoms with E-state index in [1.54, 1.807) is 29.2 Å². The molecule has 2 N–H and O–H groups in total. The average Bonchev–Trinajstić information content (AvgIpc) is 2.70. The smallest absolute Gasteiger partial charge is 0.270 e. The molecule has 9 heteroatoms. The van der Waals surface area contributed by atoms with Crippen LogP contribution in [0, 0.1) is 10.1 Å². The first-order chi connectivity index (χ1) is 13.8. The molecule has 1 saturated heterocycles. The molecule has 0 atom stereocenters. The Hall–Kier alpha value is -2.97. The number of non-ortho nitro benzene ring substituents is 1. The van der Waals surface area contributed by atoms with Crippen molar-refractivity contribution in [2.45, 2.75) is 25.4 Å². The highest BCUT2D eigenvalue weighted by molar-refractivity contribution is 6.34. The number of nitro groups is 1. The average molecular weight is 418 g/mol. The normalized spacial score (nSPS) is 14.5. The number of benzene rings is 2. The first kappa shape index (κ1) is 20.8. The number of hydrogen-bond donors (Lipinski definition) is 2. The second kappa shape index (κ2) is 9.02. The highest BCUT2D eigenvalue weighted by Gasteiger charge is 2.21. The van der Waals surface area contributed by atoms with Gasteiger partial charge >= 0.3 is 0 Å². The lowest BCUT2D eigenvalue weighted by atomic mass is 10.1. The molecule has 1 aliphatic rings. The Balaban J connectivity index is 1.62. The van der Waals surface area contributed by atoms with E-state index < -0.39 is 10.8 Å². The molecule has 1 heterocycles. The lowest BCUT2D eigenvalue weighted by Gasteiger charge is -2.29. The molecule has 2 aromatic rings. The van der Waals surface area contributed by atoms with Crippen molar-refractivity contribution in [3.8, 4) is 0 Å². The highest BCUT2D eigenvalue weighted by atomic mass is 35.5. The van der Waals surface area contributed by atoms with Gasteiger partial charge in [-0.15, -0.1) is 0 Å². The number of carbonyl (C=O) groups is 2. The van der Waals surface area contributed by atoms with Crippen LogP contribution in [0.2, 0.25) is 5.02 Å². The largest absolute Gasteiger partial charge is 0.393 e. The molecule has 1 fully saturated rings. The van der Waals surface area contributed by atoms with Gasteiger partial charge in [0.15, 0.2) is 0 Å². The van der Waals surface area contributed by atoms with Crippen molar-refractivity contribution in [1.82, 2.24) is 4.90 Å². The summed E-state index contributed by atoms with van der Waals surface area (Å²) in [7, 11) is 0. The number of nitrogens with one attached hydrogen (secondary N) is 1. The van der Waals surface area contributed by atoms with E-state index in [9.17, 15) is 24.8 Å². The van der Waals surface area contributed by atoms with Gasteiger partial charge in [-0.1, -0.05) is 23.7 Å². The van der Waals surface area contributed by atoms with Crippen molar-refractivity contribution < 1.29 is 19.6 Å². The molecule has 152 valence electrons. The molecule has 0 radical (unpaired) electrons. The number of piperidine rings is 1. The minimum atomic E-state index is -0.595. The number of amides is 2. The van der Waals surface area contributed by atoms with Gasteiger partial charge in [-0.05, 0) is 36.6 Å². The first-order valence-corrected chi connectivity index (χ1v) is 9.51. The van der Waals surface area contributed by atoms with Crippen LogP contribution in [0.25, 0.3) is 0 Å². The molecule has 0 aromatic heterocycles. The fraction of sp³-hybridized carbons (Fsp3) is 0.300. The fourth-order valence-corrected chi connectivity index (χ4v) is 3.31. The Morgan fingerprint density at radius 2 is 1.83 bits per heavy atom. The fourth-order valence-electron chi connectivity index (χ4n) is 3.11. The van der Waals surface area contributed by atoms with Crippen LogP contribution in [0.1, 0.15) is 28.8 Å². The molecule has 8 nitrogen and oxygen atoms in total. The Morgan fingerprint density at radius 1 is 1.17 bits per heavy atom. The maximum atomic E-state index is 12.4. The minimum Gasteiger partial charge on any atom is -0.393 e. The standard InChI is InChI=1S/C20H20ClN3O5/c21-18-6-5-15(24(28)29)12-17(18)20(27)22-14-3-1-13(2-4-14)11-19(26)23-9-7-16(25)8-10-23/h1-6,12,16,25H,7-11H2,(H,22,27). The van der Waals surface area contributed by atoms with Gasteiger partial charge in [0, 0.05) is 30.9 Å². The quantitative estimate of drug-likeness (QED) is 0.573. The number of hydrogen-bond acceptors (Lipinski definition) is 5. The Labute approximate surface area is 172 Å². The Kier molecular flexibility index (Phi) is 6.46. The molecule has 2 amide bonds. The second-order valence-corrected chi connectivity index (χ2v) is 7.27. The molecule has 1 aliphatic heterocycles. The molecule has 0 bridgehead atoms. The van der Waals surface area contributed by atoms with E-state index in [2.05, 4.69) is 5.32 Å². The summed E-state index contributed by atoms with van der Waals surface area (Å²) < 4.78 is 0. The van der Waals surface area contributed by atoms with Crippen LogP contribution in [0.4, 0.5) is 11.4 Å². The van der Waals surface area contributed by atoms with Gasteiger partial charge in [-0.25, -0.2) is 0 Å². The van der Waals surface area contributed by atoms with Crippen molar-refractivity contribution in [1.29, 1.82) is 0 Å². The molecule has 0 spiro atoms. The van der Waals surface area contributed by atoms with Crippen molar-refractivity contribution in [3.05, 3.63) is 68.7 Å². The predicted molar refractivity (Wildman–Crippen MR) is 108 cm³/mol. The van der Waals surface area contributed by atoms with Crippen molar-refractivity contribution in [2.75, 3.05) is 18.4 Å². The summed E-state index contributed by atoms with van der Waals surface area (Å²) in [6.07, 6.45) is 1.09. The molecule has 0 aliphatic carbocycles. The van der Waals surface area contributed by atoms with E-state index in [0.29, 0.717) is 31.6 Å². The lowest BCUT2D eigenvalue weighted by Crippen LogP contribution is -2.40. The van der Waals surface area contributed by atoms with Crippen LogP contribution < -0.4 is 5.32 Å². The molecular formula is C20H20ClN3O5. The van der Waals surface area contributed by atoms with E-state index in [0.717, 1.165) is 11.6 Å².